The van der Waals surface area contributed by atoms with E-state index in [1.54, 1.807) is 48.5 Å². The molecule has 0 aliphatic rings. The highest BCUT2D eigenvalue weighted by Crippen LogP contribution is 2.39. The molecule has 2 N–H and O–H groups in total. The van der Waals surface area contributed by atoms with Gasteiger partial charge in [0.25, 0.3) is 20.2 Å². The maximum Gasteiger partial charge on any atom is 0.295 e. The average molecular weight is 643 g/mol. The zero-order valence-corrected chi connectivity index (χ0v) is 25.3. The van der Waals surface area contributed by atoms with Crippen LogP contribution in [0.5, 0.6) is 11.5 Å². The maximum atomic E-state index is 12.2. The molecule has 12 nitrogen and oxygen atoms in total. The lowest BCUT2D eigenvalue weighted by Crippen LogP contribution is -2.02. The third-order valence-electron chi connectivity index (χ3n) is 5.49. The van der Waals surface area contributed by atoms with Gasteiger partial charge in [0.05, 0.1) is 36.0 Å². The van der Waals surface area contributed by atoms with Crippen molar-refractivity contribution >= 4 is 54.7 Å². The molecule has 0 heterocycles. The van der Waals surface area contributed by atoms with Crippen LogP contribution in [0.25, 0.3) is 0 Å². The first-order chi connectivity index (χ1) is 20.5. The summed E-state index contributed by atoms with van der Waals surface area (Å²) in [5, 5.41) is 16.2. The van der Waals surface area contributed by atoms with Crippen LogP contribution in [0.4, 0.5) is 22.7 Å². The van der Waals surface area contributed by atoms with Gasteiger partial charge < -0.3 is 9.47 Å². The molecule has 4 aromatic carbocycles. The Labute approximate surface area is 253 Å². The average Bonchev–Trinajstić information content (AvgIpc) is 2.97. The minimum Gasteiger partial charge on any atom is -0.494 e. The summed E-state index contributed by atoms with van der Waals surface area (Å²) in [7, 11) is -9.53. The highest BCUT2D eigenvalue weighted by Gasteiger charge is 2.22. The molecule has 0 saturated heterocycles. The Morgan fingerprint density at radius 2 is 0.884 bits per heavy atom. The van der Waals surface area contributed by atoms with Crippen LogP contribution in [0, 0.1) is 0 Å². The van der Waals surface area contributed by atoms with Crippen molar-refractivity contribution in [1.29, 1.82) is 0 Å². The standard InChI is InChI=1S/C28H26N4O8S3/c1-3-39-23-11-5-19(6-12-23)29-31-21-9-15-25(27(17-21)42(33,34)35)41-26-16-10-22(18-28(26)43(36,37)38)32-30-20-7-13-24(14-8-20)40-4-2/h5-18H,3-4H2,1-2H3,(H,33,34,35)(H,36,37,38)/b31-29+,32-30+. The Morgan fingerprint density at radius 3 is 1.21 bits per heavy atom. The molecule has 43 heavy (non-hydrogen) atoms. The Bertz CT molecular complexity index is 1720. The second-order valence-electron chi connectivity index (χ2n) is 8.57. The normalized spacial score (nSPS) is 12.2. The van der Waals surface area contributed by atoms with E-state index in [4.69, 9.17) is 9.47 Å². The molecule has 4 aromatic rings. The summed E-state index contributed by atoms with van der Waals surface area (Å²) in [5.74, 6) is 1.31. The fraction of sp³-hybridized carbons (Fsp3) is 0.143. The summed E-state index contributed by atoms with van der Waals surface area (Å²) in [6.45, 7) is 4.74. The number of hydrogen-bond acceptors (Lipinski definition) is 11. The van der Waals surface area contributed by atoms with Gasteiger partial charge in [-0.15, -0.1) is 0 Å². The maximum absolute atomic E-state index is 12.2. The number of hydrogen-bond donors (Lipinski definition) is 2. The molecule has 0 saturated carbocycles. The van der Waals surface area contributed by atoms with E-state index in [1.807, 2.05) is 13.8 Å². The predicted octanol–water partition coefficient (Wildman–Crippen LogP) is 7.96. The third-order valence-corrected chi connectivity index (χ3v) is 8.69. The van der Waals surface area contributed by atoms with E-state index in [-0.39, 0.29) is 21.2 Å². The highest BCUT2D eigenvalue weighted by atomic mass is 32.2. The number of nitrogens with zero attached hydrogens (tertiary/aromatic N) is 4. The quantitative estimate of drug-likeness (QED) is 0.115. The van der Waals surface area contributed by atoms with E-state index >= 15 is 0 Å². The number of benzene rings is 4. The number of ether oxygens (including phenoxy) is 2. The number of rotatable bonds is 12. The lowest BCUT2D eigenvalue weighted by atomic mass is 10.3. The first kappa shape index (κ1) is 31.8. The second kappa shape index (κ2) is 13.9. The van der Waals surface area contributed by atoms with Crippen molar-refractivity contribution in [2.75, 3.05) is 13.2 Å². The summed E-state index contributed by atoms with van der Waals surface area (Å²) in [6.07, 6.45) is 0. The van der Waals surface area contributed by atoms with E-state index in [0.29, 0.717) is 47.8 Å². The minimum absolute atomic E-state index is 0.0174. The smallest absolute Gasteiger partial charge is 0.295 e. The van der Waals surface area contributed by atoms with Crippen LogP contribution >= 0.6 is 11.8 Å². The predicted molar refractivity (Wildman–Crippen MR) is 160 cm³/mol. The topological polar surface area (TPSA) is 177 Å². The van der Waals surface area contributed by atoms with Crippen molar-refractivity contribution < 1.29 is 35.4 Å². The van der Waals surface area contributed by atoms with Crippen molar-refractivity contribution in [2.45, 2.75) is 33.4 Å². The molecule has 0 aliphatic carbocycles. The minimum atomic E-state index is -4.77. The number of azo groups is 2. The Hall–Kier alpha value is -4.15. The van der Waals surface area contributed by atoms with Crippen molar-refractivity contribution in [2.24, 2.45) is 20.5 Å². The van der Waals surface area contributed by atoms with Crippen molar-refractivity contribution in [3.05, 3.63) is 84.9 Å². The SMILES string of the molecule is CCOc1ccc(/N=N/c2ccc(Sc3ccc(/N=N/c4ccc(OCC)cc4)cc3S(=O)(=O)O)c(S(=O)(=O)O)c2)cc1. The van der Waals surface area contributed by atoms with Gasteiger partial charge in [0.15, 0.2) is 0 Å². The van der Waals surface area contributed by atoms with Gasteiger partial charge >= 0.3 is 0 Å². The molecule has 0 bridgehead atoms. The van der Waals surface area contributed by atoms with Crippen LogP contribution in [0.2, 0.25) is 0 Å². The lowest BCUT2D eigenvalue weighted by Gasteiger charge is -2.11. The summed E-state index contributed by atoms with van der Waals surface area (Å²) < 4.78 is 79.5. The molecule has 4 rings (SSSR count). The summed E-state index contributed by atoms with van der Waals surface area (Å²) in [6, 6.07) is 21.3. The molecule has 0 aromatic heterocycles. The fourth-order valence-electron chi connectivity index (χ4n) is 3.59. The van der Waals surface area contributed by atoms with E-state index in [1.165, 1.54) is 24.3 Å². The largest absolute Gasteiger partial charge is 0.494 e. The Morgan fingerprint density at radius 1 is 0.558 bits per heavy atom. The first-order valence-corrected chi connectivity index (χ1v) is 16.4. The van der Waals surface area contributed by atoms with Gasteiger partial charge in [-0.2, -0.15) is 37.3 Å². The van der Waals surface area contributed by atoms with Crippen LogP contribution in [-0.2, 0) is 20.2 Å². The fourth-order valence-corrected chi connectivity index (χ4v) is 6.48. The molecule has 224 valence electrons. The summed E-state index contributed by atoms with van der Waals surface area (Å²) >= 11 is 0.703. The third kappa shape index (κ3) is 8.92. The van der Waals surface area contributed by atoms with E-state index in [0.717, 1.165) is 12.1 Å². The summed E-state index contributed by atoms with van der Waals surface area (Å²) in [4.78, 5) is -1.09. The highest BCUT2D eigenvalue weighted by molar-refractivity contribution is 8.00. The van der Waals surface area contributed by atoms with Crippen LogP contribution in [0.1, 0.15) is 13.8 Å². The first-order valence-electron chi connectivity index (χ1n) is 12.7. The van der Waals surface area contributed by atoms with Gasteiger partial charge in [0, 0.05) is 9.79 Å². The van der Waals surface area contributed by atoms with Gasteiger partial charge in [0.2, 0.25) is 0 Å². The summed E-state index contributed by atoms with van der Waals surface area (Å²) in [5.41, 5.74) is 1.19. The second-order valence-corrected chi connectivity index (χ2v) is 12.4. The molecule has 0 amide bonds. The molecule has 0 fully saturated rings. The van der Waals surface area contributed by atoms with Crippen molar-refractivity contribution in [3.63, 3.8) is 0 Å². The van der Waals surface area contributed by atoms with Crippen molar-refractivity contribution in [3.8, 4) is 11.5 Å². The lowest BCUT2D eigenvalue weighted by molar-refractivity contribution is 0.340. The van der Waals surface area contributed by atoms with Gasteiger partial charge in [-0.05, 0) is 98.8 Å². The van der Waals surface area contributed by atoms with E-state index in [9.17, 15) is 25.9 Å². The van der Waals surface area contributed by atoms with E-state index in [2.05, 4.69) is 20.5 Å². The van der Waals surface area contributed by atoms with Crippen LogP contribution in [0.15, 0.2) is 125 Å². The molecule has 0 spiro atoms. The van der Waals surface area contributed by atoms with Crippen LogP contribution < -0.4 is 9.47 Å². The molecule has 0 aliphatic heterocycles. The molecule has 0 unspecified atom stereocenters. The molecule has 15 heteroatoms. The van der Waals surface area contributed by atoms with Crippen molar-refractivity contribution in [1.82, 2.24) is 0 Å². The van der Waals surface area contributed by atoms with Gasteiger partial charge in [0.1, 0.15) is 21.3 Å². The zero-order valence-electron chi connectivity index (χ0n) is 22.9. The van der Waals surface area contributed by atoms with E-state index < -0.39 is 30.0 Å². The molecular weight excluding hydrogens is 617 g/mol. The molecule has 0 radical (unpaired) electrons. The Kier molecular flexibility index (Phi) is 10.3. The monoisotopic (exact) mass is 642 g/mol. The van der Waals surface area contributed by atoms with Crippen LogP contribution in [-0.4, -0.2) is 39.2 Å². The Balaban J connectivity index is 1.61. The van der Waals surface area contributed by atoms with Gasteiger partial charge in [-0.1, -0.05) is 11.8 Å². The zero-order chi connectivity index (χ0) is 31.0. The molecule has 0 atom stereocenters. The molecular formula is C28H26N4O8S3. The van der Waals surface area contributed by atoms with Gasteiger partial charge in [-0.3, -0.25) is 9.11 Å². The van der Waals surface area contributed by atoms with Crippen LogP contribution in [0.3, 0.4) is 0 Å². The van der Waals surface area contributed by atoms with Gasteiger partial charge in [-0.25, -0.2) is 0 Å².